The van der Waals surface area contributed by atoms with Crippen molar-refractivity contribution in [1.29, 1.82) is 0 Å². The first-order valence-electron chi connectivity index (χ1n) is 8.22. The molecule has 10 heteroatoms. The first-order chi connectivity index (χ1) is 12.1. The first-order valence-corrected chi connectivity index (χ1v) is 9.71. The third-order valence-electron chi connectivity index (χ3n) is 4.31. The van der Waals surface area contributed by atoms with Crippen molar-refractivity contribution in [1.82, 2.24) is 14.9 Å². The third-order valence-corrected chi connectivity index (χ3v) is 5.92. The van der Waals surface area contributed by atoms with E-state index in [1.807, 2.05) is 0 Å². The fraction of sp³-hybridized carbons (Fsp3) is 0.625. The number of piperazine rings is 1. The van der Waals surface area contributed by atoms with Crippen LogP contribution in [0.1, 0.15) is 11.1 Å². The molecule has 1 atom stereocenters. The van der Waals surface area contributed by atoms with Crippen molar-refractivity contribution in [3.8, 4) is 5.75 Å². The number of aryl methyl sites for hydroxylation is 2. The molecule has 0 aliphatic carbocycles. The summed E-state index contributed by atoms with van der Waals surface area (Å²) >= 11 is 0. The molecule has 148 valence electrons. The van der Waals surface area contributed by atoms with E-state index in [1.54, 1.807) is 26.0 Å². The van der Waals surface area contributed by atoms with Gasteiger partial charge in [-0.05, 0) is 31.0 Å². The average Bonchev–Trinajstić information content (AvgIpc) is 2.53. The molecule has 6 nitrogen and oxygen atoms in total. The van der Waals surface area contributed by atoms with E-state index in [0.717, 1.165) is 5.56 Å². The maximum atomic E-state index is 13.4. The summed E-state index contributed by atoms with van der Waals surface area (Å²) in [5, 5.41) is 2.98. The molecule has 0 spiro atoms. The van der Waals surface area contributed by atoms with Crippen LogP contribution in [-0.2, 0) is 10.0 Å². The zero-order chi connectivity index (χ0) is 19.5. The molecule has 1 heterocycles. The molecule has 1 saturated heterocycles. The number of benzene rings is 1. The Labute approximate surface area is 151 Å². The Morgan fingerprint density at radius 3 is 2.42 bits per heavy atom. The SMILES string of the molecule is COc1cc(C)cc(C)c1S(=O)(=O)NCC(N1CCNCC1)C(F)(F)F. The van der Waals surface area contributed by atoms with Crippen LogP contribution in [0.15, 0.2) is 17.0 Å². The van der Waals surface area contributed by atoms with Gasteiger partial charge >= 0.3 is 6.18 Å². The van der Waals surface area contributed by atoms with Gasteiger partial charge in [0, 0.05) is 32.7 Å². The van der Waals surface area contributed by atoms with Crippen LogP contribution in [-0.4, -0.2) is 65.4 Å². The summed E-state index contributed by atoms with van der Waals surface area (Å²) in [5.74, 6) is 0.112. The van der Waals surface area contributed by atoms with Crippen molar-refractivity contribution >= 4 is 10.0 Å². The number of rotatable bonds is 6. The summed E-state index contributed by atoms with van der Waals surface area (Å²) in [6.07, 6.45) is -4.54. The Morgan fingerprint density at radius 2 is 1.88 bits per heavy atom. The van der Waals surface area contributed by atoms with E-state index in [2.05, 4.69) is 10.0 Å². The maximum Gasteiger partial charge on any atom is 0.405 e. The highest BCUT2D eigenvalue weighted by Crippen LogP contribution is 2.30. The van der Waals surface area contributed by atoms with Crippen LogP contribution in [0, 0.1) is 13.8 Å². The normalized spacial score (nSPS) is 17.9. The number of methoxy groups -OCH3 is 1. The topological polar surface area (TPSA) is 70.7 Å². The summed E-state index contributed by atoms with van der Waals surface area (Å²) in [6, 6.07) is 1.31. The number of hydrogen-bond donors (Lipinski definition) is 2. The number of sulfonamides is 1. The molecule has 26 heavy (non-hydrogen) atoms. The number of nitrogens with zero attached hydrogens (tertiary/aromatic N) is 1. The minimum absolute atomic E-state index is 0.112. The first kappa shape index (κ1) is 20.9. The van der Waals surface area contributed by atoms with Gasteiger partial charge in [0.05, 0.1) is 7.11 Å². The molecule has 1 unspecified atom stereocenters. The van der Waals surface area contributed by atoms with Crippen LogP contribution < -0.4 is 14.8 Å². The van der Waals surface area contributed by atoms with Crippen LogP contribution in [0.5, 0.6) is 5.75 Å². The van der Waals surface area contributed by atoms with E-state index in [-0.39, 0.29) is 23.7 Å². The molecule has 1 aliphatic rings. The van der Waals surface area contributed by atoms with Gasteiger partial charge in [-0.2, -0.15) is 13.2 Å². The summed E-state index contributed by atoms with van der Waals surface area (Å²) in [7, 11) is -2.84. The molecule has 1 aromatic rings. The number of hydrogen-bond acceptors (Lipinski definition) is 5. The summed E-state index contributed by atoms with van der Waals surface area (Å²) in [5.41, 5.74) is 1.22. The Balaban J connectivity index is 2.25. The summed E-state index contributed by atoms with van der Waals surface area (Å²) in [4.78, 5) is 1.12. The van der Waals surface area contributed by atoms with E-state index >= 15 is 0 Å². The number of alkyl halides is 3. The van der Waals surface area contributed by atoms with Gasteiger partial charge in [0.1, 0.15) is 16.7 Å². The molecular formula is C16H24F3N3O3S. The zero-order valence-corrected chi connectivity index (χ0v) is 15.8. The molecule has 0 saturated carbocycles. The van der Waals surface area contributed by atoms with Gasteiger partial charge in [-0.15, -0.1) is 0 Å². The number of ether oxygens (including phenoxy) is 1. The van der Waals surface area contributed by atoms with Crippen molar-refractivity contribution < 1.29 is 26.3 Å². The fourth-order valence-electron chi connectivity index (χ4n) is 3.12. The molecule has 0 amide bonds. The summed E-state index contributed by atoms with van der Waals surface area (Å²) < 4.78 is 72.9. The highest BCUT2D eigenvalue weighted by atomic mass is 32.2. The Morgan fingerprint density at radius 1 is 1.27 bits per heavy atom. The van der Waals surface area contributed by atoms with E-state index in [1.165, 1.54) is 12.0 Å². The van der Waals surface area contributed by atoms with Crippen molar-refractivity contribution in [3.63, 3.8) is 0 Å². The van der Waals surface area contributed by atoms with Gasteiger partial charge in [0.25, 0.3) is 0 Å². The Bertz CT molecular complexity index is 732. The van der Waals surface area contributed by atoms with Gasteiger partial charge in [-0.3, -0.25) is 4.90 Å². The lowest BCUT2D eigenvalue weighted by molar-refractivity contribution is -0.182. The quantitative estimate of drug-likeness (QED) is 0.763. The lowest BCUT2D eigenvalue weighted by Crippen LogP contribution is -2.57. The fourth-order valence-corrected chi connectivity index (χ4v) is 4.53. The van der Waals surface area contributed by atoms with Crippen LogP contribution in [0.4, 0.5) is 13.2 Å². The van der Waals surface area contributed by atoms with E-state index in [4.69, 9.17) is 4.74 Å². The van der Waals surface area contributed by atoms with Crippen molar-refractivity contribution in [2.24, 2.45) is 0 Å². The van der Waals surface area contributed by atoms with Gasteiger partial charge in [0.15, 0.2) is 0 Å². The van der Waals surface area contributed by atoms with Crippen molar-refractivity contribution in [2.45, 2.75) is 31.0 Å². The molecule has 0 radical (unpaired) electrons. The molecule has 1 aliphatic heterocycles. The van der Waals surface area contributed by atoms with Gasteiger partial charge in [0.2, 0.25) is 10.0 Å². The highest BCUT2D eigenvalue weighted by Gasteiger charge is 2.44. The molecule has 2 rings (SSSR count). The van der Waals surface area contributed by atoms with Gasteiger partial charge < -0.3 is 10.1 Å². The molecule has 2 N–H and O–H groups in total. The van der Waals surface area contributed by atoms with Gasteiger partial charge in [-0.1, -0.05) is 6.07 Å². The van der Waals surface area contributed by atoms with Crippen LogP contribution in [0.3, 0.4) is 0 Å². The van der Waals surface area contributed by atoms with Crippen LogP contribution in [0.25, 0.3) is 0 Å². The second-order valence-corrected chi connectivity index (χ2v) is 8.01. The van der Waals surface area contributed by atoms with E-state index in [9.17, 15) is 21.6 Å². The van der Waals surface area contributed by atoms with Crippen molar-refractivity contribution in [2.75, 3.05) is 39.8 Å². The lowest BCUT2D eigenvalue weighted by Gasteiger charge is -2.35. The molecule has 0 bridgehead atoms. The summed E-state index contributed by atoms with van der Waals surface area (Å²) in [6.45, 7) is 3.90. The lowest BCUT2D eigenvalue weighted by atomic mass is 10.1. The Hall–Kier alpha value is -1.36. The monoisotopic (exact) mass is 395 g/mol. The van der Waals surface area contributed by atoms with Crippen LogP contribution >= 0.6 is 0 Å². The Kier molecular flexibility index (Phi) is 6.54. The second kappa shape index (κ2) is 8.12. The number of halogens is 3. The molecule has 1 aromatic carbocycles. The second-order valence-electron chi connectivity index (χ2n) is 6.31. The minimum Gasteiger partial charge on any atom is -0.495 e. The predicted molar refractivity (Wildman–Crippen MR) is 91.9 cm³/mol. The largest absolute Gasteiger partial charge is 0.495 e. The van der Waals surface area contributed by atoms with Gasteiger partial charge in [-0.25, -0.2) is 13.1 Å². The molecular weight excluding hydrogens is 371 g/mol. The smallest absolute Gasteiger partial charge is 0.405 e. The number of nitrogens with one attached hydrogen (secondary N) is 2. The highest BCUT2D eigenvalue weighted by molar-refractivity contribution is 7.89. The zero-order valence-electron chi connectivity index (χ0n) is 15.0. The minimum atomic E-state index is -4.54. The standard InChI is InChI=1S/C16H24F3N3O3S/c1-11-8-12(2)15(13(9-11)25-3)26(23,24)21-10-14(16(17,18)19)22-6-4-20-5-7-22/h8-9,14,20-21H,4-7,10H2,1-3H3. The third kappa shape index (κ3) is 4.87. The maximum absolute atomic E-state index is 13.4. The predicted octanol–water partition coefficient (Wildman–Crippen LogP) is 1.43. The van der Waals surface area contributed by atoms with E-state index < -0.39 is 28.8 Å². The average molecular weight is 395 g/mol. The van der Waals surface area contributed by atoms with Crippen molar-refractivity contribution in [3.05, 3.63) is 23.3 Å². The molecule has 0 aromatic heterocycles. The van der Waals surface area contributed by atoms with Crippen LogP contribution in [0.2, 0.25) is 0 Å². The molecule has 1 fully saturated rings. The van der Waals surface area contributed by atoms with E-state index in [0.29, 0.717) is 18.7 Å².